The fourth-order valence-corrected chi connectivity index (χ4v) is 3.45. The average molecular weight is 363 g/mol. The van der Waals surface area contributed by atoms with Crippen LogP contribution in [0.5, 0.6) is 5.75 Å². The molecule has 5 nitrogen and oxygen atoms in total. The van der Waals surface area contributed by atoms with Gasteiger partial charge in [-0.1, -0.05) is 36.7 Å². The third-order valence-electron chi connectivity index (χ3n) is 4.75. The number of hydrogen-bond acceptors (Lipinski definition) is 4. The lowest BCUT2D eigenvalue weighted by Crippen LogP contribution is -2.47. The Balaban J connectivity index is 1.43. The summed E-state index contributed by atoms with van der Waals surface area (Å²) in [6, 6.07) is 10.0. The van der Waals surface area contributed by atoms with Crippen molar-refractivity contribution in [2.45, 2.75) is 19.9 Å². The molecule has 0 amide bonds. The molecule has 1 aliphatic heterocycles. The number of nitrogens with zero attached hydrogens (tertiary/aromatic N) is 4. The van der Waals surface area contributed by atoms with Crippen LogP contribution in [0.2, 0.25) is 5.15 Å². The summed E-state index contributed by atoms with van der Waals surface area (Å²) in [5.74, 6) is 0.944. The zero-order valence-corrected chi connectivity index (χ0v) is 15.9. The van der Waals surface area contributed by atoms with Crippen molar-refractivity contribution in [3.05, 3.63) is 46.7 Å². The molecular formula is C19H27ClN4O. The third kappa shape index (κ3) is 4.75. The molecule has 0 unspecified atom stereocenters. The van der Waals surface area contributed by atoms with Crippen LogP contribution in [0.4, 0.5) is 0 Å². The monoisotopic (exact) mass is 362 g/mol. The van der Waals surface area contributed by atoms with Crippen molar-refractivity contribution in [1.82, 2.24) is 19.6 Å². The van der Waals surface area contributed by atoms with Crippen molar-refractivity contribution >= 4 is 11.6 Å². The molecule has 0 aliphatic carbocycles. The van der Waals surface area contributed by atoms with Gasteiger partial charge < -0.3 is 4.74 Å². The number of piperazine rings is 1. The summed E-state index contributed by atoms with van der Waals surface area (Å²) < 4.78 is 7.58. The smallest absolute Gasteiger partial charge is 0.131 e. The maximum Gasteiger partial charge on any atom is 0.131 e. The van der Waals surface area contributed by atoms with Gasteiger partial charge in [0.2, 0.25) is 0 Å². The molecule has 1 saturated heterocycles. The standard InChI is InChI=1S/C19H27ClN4O/c1-3-18-17(19(20)22(2)21-18)15-24-11-9-23(10-12-24)13-14-25-16-7-5-4-6-8-16/h4-8H,3,9-15H2,1-2H3. The molecule has 0 radical (unpaired) electrons. The van der Waals surface area contributed by atoms with Gasteiger partial charge in [0, 0.05) is 51.9 Å². The molecule has 2 aromatic rings. The molecule has 0 saturated carbocycles. The Kier molecular flexibility index (Phi) is 6.34. The number of aryl methyl sites for hydroxylation is 2. The molecule has 25 heavy (non-hydrogen) atoms. The first-order chi connectivity index (χ1) is 12.2. The number of rotatable bonds is 7. The van der Waals surface area contributed by atoms with Crippen LogP contribution in [-0.2, 0) is 20.0 Å². The SMILES string of the molecule is CCc1nn(C)c(Cl)c1CN1CCN(CCOc2ccccc2)CC1. The first kappa shape index (κ1) is 18.2. The maximum absolute atomic E-state index is 6.41. The molecule has 1 aliphatic rings. The second-order valence-corrected chi connectivity index (χ2v) is 6.83. The van der Waals surface area contributed by atoms with Gasteiger partial charge in [-0.3, -0.25) is 14.5 Å². The summed E-state index contributed by atoms with van der Waals surface area (Å²) in [6.07, 6.45) is 0.923. The van der Waals surface area contributed by atoms with Crippen LogP contribution >= 0.6 is 11.6 Å². The highest BCUT2D eigenvalue weighted by Gasteiger charge is 2.21. The minimum absolute atomic E-state index is 0.735. The molecule has 1 aromatic carbocycles. The van der Waals surface area contributed by atoms with Crippen LogP contribution in [0.3, 0.4) is 0 Å². The molecule has 3 rings (SSSR count). The Morgan fingerprint density at radius 1 is 1.08 bits per heavy atom. The topological polar surface area (TPSA) is 33.5 Å². The highest BCUT2D eigenvalue weighted by atomic mass is 35.5. The van der Waals surface area contributed by atoms with Gasteiger partial charge in [-0.15, -0.1) is 0 Å². The molecule has 2 heterocycles. The van der Waals surface area contributed by atoms with E-state index in [0.29, 0.717) is 0 Å². The lowest BCUT2D eigenvalue weighted by atomic mass is 10.2. The molecule has 0 bridgehead atoms. The zero-order chi connectivity index (χ0) is 17.6. The summed E-state index contributed by atoms with van der Waals surface area (Å²) in [7, 11) is 1.91. The zero-order valence-electron chi connectivity index (χ0n) is 15.1. The molecule has 0 spiro atoms. The Labute approximate surface area is 155 Å². The summed E-state index contributed by atoms with van der Waals surface area (Å²) >= 11 is 6.41. The minimum Gasteiger partial charge on any atom is -0.492 e. The summed E-state index contributed by atoms with van der Waals surface area (Å²) in [4.78, 5) is 4.93. The van der Waals surface area contributed by atoms with Crippen LogP contribution in [0.15, 0.2) is 30.3 Å². The van der Waals surface area contributed by atoms with Gasteiger partial charge in [-0.25, -0.2) is 0 Å². The molecule has 136 valence electrons. The number of halogens is 1. The van der Waals surface area contributed by atoms with Gasteiger partial charge in [-0.2, -0.15) is 5.10 Å². The van der Waals surface area contributed by atoms with Gasteiger partial charge in [0.05, 0.1) is 5.69 Å². The van der Waals surface area contributed by atoms with E-state index < -0.39 is 0 Å². The van der Waals surface area contributed by atoms with Crippen molar-refractivity contribution in [1.29, 1.82) is 0 Å². The minimum atomic E-state index is 0.735. The Bertz CT molecular complexity index is 666. The predicted molar refractivity (Wildman–Crippen MR) is 101 cm³/mol. The lowest BCUT2D eigenvalue weighted by molar-refractivity contribution is 0.112. The third-order valence-corrected chi connectivity index (χ3v) is 5.23. The first-order valence-electron chi connectivity index (χ1n) is 9.00. The van der Waals surface area contributed by atoms with E-state index in [1.54, 1.807) is 4.68 Å². The van der Waals surface area contributed by atoms with E-state index in [4.69, 9.17) is 16.3 Å². The quantitative estimate of drug-likeness (QED) is 0.758. The fourth-order valence-electron chi connectivity index (χ4n) is 3.24. The van der Waals surface area contributed by atoms with Gasteiger partial charge in [0.1, 0.15) is 17.5 Å². The van der Waals surface area contributed by atoms with Crippen LogP contribution in [-0.4, -0.2) is 58.9 Å². The summed E-state index contributed by atoms with van der Waals surface area (Å²) in [6.45, 7) is 8.97. The highest BCUT2D eigenvalue weighted by Crippen LogP contribution is 2.22. The maximum atomic E-state index is 6.41. The number of ether oxygens (including phenoxy) is 1. The molecular weight excluding hydrogens is 336 g/mol. The van der Waals surface area contributed by atoms with Crippen molar-refractivity contribution in [3.8, 4) is 5.75 Å². The lowest BCUT2D eigenvalue weighted by Gasteiger charge is -2.34. The van der Waals surface area contributed by atoms with Crippen LogP contribution in [0.1, 0.15) is 18.2 Å². The van der Waals surface area contributed by atoms with Crippen molar-refractivity contribution in [2.75, 3.05) is 39.3 Å². The Morgan fingerprint density at radius 2 is 1.76 bits per heavy atom. The molecule has 1 aromatic heterocycles. The van der Waals surface area contributed by atoms with Gasteiger partial charge in [0.25, 0.3) is 0 Å². The van der Waals surface area contributed by atoms with E-state index in [1.165, 1.54) is 5.56 Å². The van der Waals surface area contributed by atoms with Gasteiger partial charge in [0.15, 0.2) is 0 Å². The van der Waals surface area contributed by atoms with Crippen molar-refractivity contribution in [3.63, 3.8) is 0 Å². The van der Waals surface area contributed by atoms with Gasteiger partial charge >= 0.3 is 0 Å². The van der Waals surface area contributed by atoms with Crippen LogP contribution < -0.4 is 4.74 Å². The van der Waals surface area contributed by atoms with Crippen LogP contribution in [0, 0.1) is 0 Å². The van der Waals surface area contributed by atoms with Crippen molar-refractivity contribution < 1.29 is 4.74 Å². The predicted octanol–water partition coefficient (Wildman–Crippen LogP) is 2.83. The fraction of sp³-hybridized carbons (Fsp3) is 0.526. The van der Waals surface area contributed by atoms with E-state index in [1.807, 2.05) is 37.4 Å². The second-order valence-electron chi connectivity index (χ2n) is 6.47. The molecule has 6 heteroatoms. The van der Waals surface area contributed by atoms with E-state index in [9.17, 15) is 0 Å². The summed E-state index contributed by atoms with van der Waals surface area (Å²) in [5, 5.41) is 5.28. The number of hydrogen-bond donors (Lipinski definition) is 0. The number of benzene rings is 1. The van der Waals surface area contributed by atoms with Gasteiger partial charge in [-0.05, 0) is 18.6 Å². The van der Waals surface area contributed by atoms with E-state index >= 15 is 0 Å². The van der Waals surface area contributed by atoms with E-state index in [2.05, 4.69) is 21.8 Å². The number of aromatic nitrogens is 2. The highest BCUT2D eigenvalue weighted by molar-refractivity contribution is 6.30. The number of para-hydroxylation sites is 1. The second kappa shape index (κ2) is 8.70. The molecule has 1 fully saturated rings. The normalized spacial score (nSPS) is 16.3. The van der Waals surface area contributed by atoms with E-state index in [0.717, 1.165) is 68.9 Å². The average Bonchev–Trinajstić information content (AvgIpc) is 2.92. The summed E-state index contributed by atoms with van der Waals surface area (Å²) in [5.41, 5.74) is 2.30. The Hall–Kier alpha value is -1.56. The molecule has 0 atom stereocenters. The van der Waals surface area contributed by atoms with E-state index in [-0.39, 0.29) is 0 Å². The van der Waals surface area contributed by atoms with Crippen molar-refractivity contribution in [2.24, 2.45) is 7.05 Å². The Morgan fingerprint density at radius 3 is 2.44 bits per heavy atom. The first-order valence-corrected chi connectivity index (χ1v) is 9.38. The largest absolute Gasteiger partial charge is 0.492 e. The molecule has 0 N–H and O–H groups in total. The van der Waals surface area contributed by atoms with Crippen LogP contribution in [0.25, 0.3) is 0 Å².